The van der Waals surface area contributed by atoms with Crippen molar-refractivity contribution in [2.24, 2.45) is 0 Å². The Morgan fingerprint density at radius 3 is 2.89 bits per heavy atom. The molecule has 28 heavy (non-hydrogen) atoms. The van der Waals surface area contributed by atoms with E-state index < -0.39 is 11.9 Å². The highest BCUT2D eigenvalue weighted by Gasteiger charge is 2.25. The van der Waals surface area contributed by atoms with E-state index in [2.05, 4.69) is 10.2 Å². The SMILES string of the molecule is C[C@H](Oc1ccccc1F)c1nnc(SCC(=O)N2CCc3ccccc32)o1. The monoisotopic (exact) mass is 399 g/mol. The summed E-state index contributed by atoms with van der Waals surface area (Å²) in [4.78, 5) is 14.3. The van der Waals surface area contributed by atoms with Gasteiger partial charge in [0.2, 0.25) is 5.91 Å². The van der Waals surface area contributed by atoms with Crippen molar-refractivity contribution in [3.05, 3.63) is 65.8 Å². The smallest absolute Gasteiger partial charge is 0.277 e. The molecule has 6 nitrogen and oxygen atoms in total. The van der Waals surface area contributed by atoms with Gasteiger partial charge in [-0.05, 0) is 37.1 Å². The number of carbonyl (C=O) groups is 1. The third kappa shape index (κ3) is 3.87. The van der Waals surface area contributed by atoms with Crippen molar-refractivity contribution < 1.29 is 18.3 Å². The van der Waals surface area contributed by atoms with Crippen LogP contribution < -0.4 is 9.64 Å². The van der Waals surface area contributed by atoms with Crippen LogP contribution in [-0.2, 0) is 11.2 Å². The van der Waals surface area contributed by atoms with E-state index in [1.54, 1.807) is 24.0 Å². The number of rotatable bonds is 6. The van der Waals surface area contributed by atoms with Gasteiger partial charge in [-0.3, -0.25) is 4.79 Å². The first-order valence-corrected chi connectivity index (χ1v) is 9.86. The number of amides is 1. The van der Waals surface area contributed by atoms with Crippen molar-refractivity contribution >= 4 is 23.4 Å². The van der Waals surface area contributed by atoms with Crippen molar-refractivity contribution in [1.82, 2.24) is 10.2 Å². The summed E-state index contributed by atoms with van der Waals surface area (Å²) in [7, 11) is 0. The van der Waals surface area contributed by atoms with Gasteiger partial charge < -0.3 is 14.1 Å². The van der Waals surface area contributed by atoms with Crippen LogP contribution in [0.2, 0.25) is 0 Å². The first-order valence-electron chi connectivity index (χ1n) is 8.87. The third-order valence-electron chi connectivity index (χ3n) is 4.42. The summed E-state index contributed by atoms with van der Waals surface area (Å²) >= 11 is 1.18. The molecule has 0 spiro atoms. The van der Waals surface area contributed by atoms with Gasteiger partial charge in [0, 0.05) is 12.2 Å². The van der Waals surface area contributed by atoms with E-state index in [9.17, 15) is 9.18 Å². The van der Waals surface area contributed by atoms with Crippen LogP contribution in [0, 0.1) is 5.82 Å². The van der Waals surface area contributed by atoms with E-state index in [4.69, 9.17) is 9.15 Å². The van der Waals surface area contributed by atoms with Gasteiger partial charge >= 0.3 is 0 Å². The second kappa shape index (κ2) is 8.02. The molecule has 1 aromatic heterocycles. The molecule has 8 heteroatoms. The average molecular weight is 399 g/mol. The van der Waals surface area contributed by atoms with E-state index in [0.29, 0.717) is 6.54 Å². The number of nitrogens with zero attached hydrogens (tertiary/aromatic N) is 3. The molecule has 1 amide bonds. The van der Waals surface area contributed by atoms with Crippen LogP contribution in [0.4, 0.5) is 10.1 Å². The fraction of sp³-hybridized carbons (Fsp3) is 0.250. The van der Waals surface area contributed by atoms with Gasteiger partial charge in [0.05, 0.1) is 5.75 Å². The Balaban J connectivity index is 1.35. The molecule has 1 aliphatic heterocycles. The molecule has 0 radical (unpaired) electrons. The van der Waals surface area contributed by atoms with Crippen LogP contribution in [0.25, 0.3) is 0 Å². The van der Waals surface area contributed by atoms with Gasteiger partial charge in [0.1, 0.15) is 0 Å². The first kappa shape index (κ1) is 18.5. The highest BCUT2D eigenvalue weighted by Crippen LogP contribution is 2.29. The molecule has 4 rings (SSSR count). The van der Waals surface area contributed by atoms with E-state index in [1.165, 1.54) is 29.5 Å². The van der Waals surface area contributed by atoms with E-state index in [1.807, 2.05) is 24.3 Å². The number of fused-ring (bicyclic) bond motifs is 1. The number of anilines is 1. The maximum absolute atomic E-state index is 13.7. The molecule has 0 saturated heterocycles. The van der Waals surface area contributed by atoms with Crippen LogP contribution in [0.15, 0.2) is 58.2 Å². The lowest BCUT2D eigenvalue weighted by atomic mass is 10.2. The Hall–Kier alpha value is -2.87. The Morgan fingerprint density at radius 1 is 1.25 bits per heavy atom. The molecule has 2 heterocycles. The molecule has 0 bridgehead atoms. The molecule has 144 valence electrons. The molecule has 0 unspecified atom stereocenters. The Bertz CT molecular complexity index is 994. The quantitative estimate of drug-likeness (QED) is 0.583. The van der Waals surface area contributed by atoms with Crippen molar-refractivity contribution in [2.45, 2.75) is 24.7 Å². The van der Waals surface area contributed by atoms with Crippen LogP contribution in [-0.4, -0.2) is 28.4 Å². The normalized spacial score (nSPS) is 14.0. The molecule has 0 fully saturated rings. The van der Waals surface area contributed by atoms with Gasteiger partial charge in [-0.25, -0.2) is 4.39 Å². The number of benzene rings is 2. The van der Waals surface area contributed by atoms with Gasteiger partial charge in [-0.2, -0.15) is 0 Å². The average Bonchev–Trinajstić information content (AvgIpc) is 3.35. The molecule has 1 atom stereocenters. The number of halogens is 1. The van der Waals surface area contributed by atoms with Crippen molar-refractivity contribution in [2.75, 3.05) is 17.2 Å². The number of hydrogen-bond acceptors (Lipinski definition) is 6. The Morgan fingerprint density at radius 2 is 2.04 bits per heavy atom. The zero-order valence-corrected chi connectivity index (χ0v) is 16.0. The largest absolute Gasteiger partial charge is 0.478 e. The van der Waals surface area contributed by atoms with Gasteiger partial charge in [-0.1, -0.05) is 42.1 Å². The first-order chi connectivity index (χ1) is 13.6. The zero-order chi connectivity index (χ0) is 19.5. The molecule has 0 saturated carbocycles. The predicted molar refractivity (Wildman–Crippen MR) is 103 cm³/mol. The minimum absolute atomic E-state index is 0.00893. The van der Waals surface area contributed by atoms with Gasteiger partial charge in [0.15, 0.2) is 17.7 Å². The van der Waals surface area contributed by atoms with E-state index in [0.717, 1.165) is 12.1 Å². The topological polar surface area (TPSA) is 68.5 Å². The highest BCUT2D eigenvalue weighted by atomic mass is 32.2. The standard InChI is InChI=1S/C20H18FN3O3S/c1-13(26-17-9-5-3-7-15(17)21)19-22-23-20(27-19)28-12-18(25)24-11-10-14-6-2-4-8-16(14)24/h2-9,13H,10-12H2,1H3/t13-/m0/s1. The number of hydrogen-bond donors (Lipinski definition) is 0. The second-order valence-corrected chi connectivity index (χ2v) is 7.24. The van der Waals surface area contributed by atoms with E-state index in [-0.39, 0.29) is 28.5 Å². The predicted octanol–water partition coefficient (Wildman–Crippen LogP) is 4.03. The van der Waals surface area contributed by atoms with Crippen LogP contribution in [0.1, 0.15) is 24.5 Å². The van der Waals surface area contributed by atoms with Crippen LogP contribution >= 0.6 is 11.8 Å². The maximum Gasteiger partial charge on any atom is 0.277 e. The lowest BCUT2D eigenvalue weighted by molar-refractivity contribution is -0.116. The maximum atomic E-state index is 13.7. The minimum atomic E-state index is -0.611. The molecule has 0 N–H and O–H groups in total. The van der Waals surface area contributed by atoms with Crippen LogP contribution in [0.5, 0.6) is 5.75 Å². The summed E-state index contributed by atoms with van der Waals surface area (Å²) in [5.74, 6) is 0.0683. The summed E-state index contributed by atoms with van der Waals surface area (Å²) in [5.41, 5.74) is 2.14. The van der Waals surface area contributed by atoms with E-state index >= 15 is 0 Å². The molecular weight excluding hydrogens is 381 g/mol. The fourth-order valence-corrected chi connectivity index (χ4v) is 3.67. The lowest BCUT2D eigenvalue weighted by Gasteiger charge is -2.16. The summed E-state index contributed by atoms with van der Waals surface area (Å²) in [6.07, 6.45) is 0.252. The lowest BCUT2D eigenvalue weighted by Crippen LogP contribution is -2.30. The van der Waals surface area contributed by atoms with Gasteiger partial charge in [0.25, 0.3) is 11.1 Å². The molecule has 1 aliphatic rings. The summed E-state index contributed by atoms with van der Waals surface area (Å²) < 4.78 is 24.8. The number of thioether (sulfide) groups is 1. The van der Waals surface area contributed by atoms with Crippen molar-refractivity contribution in [1.29, 1.82) is 0 Å². The molecule has 2 aromatic carbocycles. The molecule has 0 aliphatic carbocycles. The second-order valence-electron chi connectivity index (χ2n) is 6.31. The Kier molecular flexibility index (Phi) is 5.29. The number of carbonyl (C=O) groups excluding carboxylic acids is 1. The number of ether oxygens (including phenoxy) is 1. The fourth-order valence-electron chi connectivity index (χ4n) is 3.02. The summed E-state index contributed by atoms with van der Waals surface area (Å²) in [5, 5.41) is 8.17. The number of para-hydroxylation sites is 2. The van der Waals surface area contributed by atoms with Crippen molar-refractivity contribution in [3.8, 4) is 5.75 Å². The van der Waals surface area contributed by atoms with Crippen LogP contribution in [0.3, 0.4) is 0 Å². The highest BCUT2D eigenvalue weighted by molar-refractivity contribution is 7.99. The summed E-state index contributed by atoms with van der Waals surface area (Å²) in [6.45, 7) is 2.38. The molecule has 3 aromatic rings. The number of aromatic nitrogens is 2. The zero-order valence-electron chi connectivity index (χ0n) is 15.2. The minimum Gasteiger partial charge on any atom is -0.478 e. The van der Waals surface area contributed by atoms with Gasteiger partial charge in [-0.15, -0.1) is 10.2 Å². The molecular formula is C20H18FN3O3S. The Labute approximate surface area is 165 Å². The van der Waals surface area contributed by atoms with Crippen molar-refractivity contribution in [3.63, 3.8) is 0 Å². The summed E-state index contributed by atoms with van der Waals surface area (Å²) in [6, 6.07) is 14.0. The third-order valence-corrected chi connectivity index (χ3v) is 5.22.